The number of aryl methyl sites for hydroxylation is 1. The Morgan fingerprint density at radius 1 is 1.58 bits per heavy atom. The summed E-state index contributed by atoms with van der Waals surface area (Å²) in [7, 11) is -3.56. The minimum absolute atomic E-state index is 0.0635. The lowest BCUT2D eigenvalue weighted by atomic mass is 10.2. The van der Waals surface area contributed by atoms with E-state index in [-0.39, 0.29) is 16.8 Å². The number of nitrogens with zero attached hydrogens (tertiary/aromatic N) is 2. The van der Waals surface area contributed by atoms with E-state index >= 15 is 0 Å². The predicted molar refractivity (Wildman–Crippen MR) is 74.1 cm³/mol. The van der Waals surface area contributed by atoms with Gasteiger partial charge in [0, 0.05) is 18.8 Å². The van der Waals surface area contributed by atoms with Gasteiger partial charge in [-0.2, -0.15) is 5.10 Å². The summed E-state index contributed by atoms with van der Waals surface area (Å²) >= 11 is 0. The summed E-state index contributed by atoms with van der Waals surface area (Å²) in [6, 6.07) is -0.0635. The molecule has 2 rings (SSSR count). The van der Waals surface area contributed by atoms with Gasteiger partial charge in [-0.1, -0.05) is 19.8 Å². The molecule has 1 fully saturated rings. The van der Waals surface area contributed by atoms with Crippen LogP contribution in [-0.4, -0.2) is 24.2 Å². The van der Waals surface area contributed by atoms with Gasteiger partial charge in [0.05, 0.1) is 0 Å². The van der Waals surface area contributed by atoms with Crippen molar-refractivity contribution in [3.63, 3.8) is 0 Å². The van der Waals surface area contributed by atoms with Crippen molar-refractivity contribution in [2.24, 2.45) is 5.92 Å². The summed E-state index contributed by atoms with van der Waals surface area (Å²) in [5.74, 6) is 0.748. The predicted octanol–water partition coefficient (Wildman–Crippen LogP) is 1.34. The van der Waals surface area contributed by atoms with Gasteiger partial charge in [0.1, 0.15) is 4.90 Å². The average molecular weight is 286 g/mol. The van der Waals surface area contributed by atoms with Crippen LogP contribution >= 0.6 is 0 Å². The van der Waals surface area contributed by atoms with Crippen LogP contribution in [0, 0.1) is 5.92 Å². The highest BCUT2D eigenvalue weighted by Gasteiger charge is 2.28. The highest BCUT2D eigenvalue weighted by atomic mass is 32.2. The number of nitrogens with one attached hydrogen (secondary N) is 1. The van der Waals surface area contributed by atoms with Crippen LogP contribution in [0.25, 0.3) is 0 Å². The fourth-order valence-electron chi connectivity index (χ4n) is 2.20. The van der Waals surface area contributed by atoms with E-state index < -0.39 is 10.0 Å². The fraction of sp³-hybridized carbons (Fsp3) is 0.750. The molecular formula is C12H22N4O2S. The van der Waals surface area contributed by atoms with Crippen molar-refractivity contribution in [1.29, 1.82) is 0 Å². The van der Waals surface area contributed by atoms with Crippen molar-refractivity contribution in [2.75, 3.05) is 5.73 Å². The molecule has 0 spiro atoms. The van der Waals surface area contributed by atoms with E-state index in [9.17, 15) is 8.42 Å². The summed E-state index contributed by atoms with van der Waals surface area (Å²) in [5, 5.41) is 4.02. The Labute approximate surface area is 114 Å². The molecule has 0 bridgehead atoms. The van der Waals surface area contributed by atoms with Crippen LogP contribution < -0.4 is 10.5 Å². The van der Waals surface area contributed by atoms with Gasteiger partial charge in [-0.3, -0.25) is 4.68 Å². The molecule has 1 aromatic heterocycles. The molecule has 1 unspecified atom stereocenters. The second-order valence-corrected chi connectivity index (χ2v) is 7.03. The van der Waals surface area contributed by atoms with Crippen LogP contribution in [0.4, 0.5) is 5.82 Å². The summed E-state index contributed by atoms with van der Waals surface area (Å²) in [6.07, 6.45) is 5.70. The van der Waals surface area contributed by atoms with Crippen LogP contribution in [0.1, 0.15) is 39.5 Å². The number of hydrogen-bond acceptors (Lipinski definition) is 4. The number of nitrogens with two attached hydrogens (primary N) is 1. The molecule has 1 aliphatic rings. The van der Waals surface area contributed by atoms with Gasteiger partial charge in [0.25, 0.3) is 0 Å². The zero-order valence-electron chi connectivity index (χ0n) is 11.5. The highest BCUT2D eigenvalue weighted by Crippen LogP contribution is 2.33. The largest absolute Gasteiger partial charge is 0.381 e. The van der Waals surface area contributed by atoms with Crippen molar-refractivity contribution >= 4 is 15.8 Å². The minimum Gasteiger partial charge on any atom is -0.381 e. The number of sulfonamides is 1. The molecule has 0 saturated heterocycles. The zero-order valence-corrected chi connectivity index (χ0v) is 12.3. The molecule has 1 saturated carbocycles. The molecule has 1 aromatic rings. The molecule has 0 amide bonds. The number of hydrogen-bond donors (Lipinski definition) is 2. The van der Waals surface area contributed by atoms with Crippen molar-refractivity contribution < 1.29 is 8.42 Å². The third-order valence-corrected chi connectivity index (χ3v) is 4.84. The summed E-state index contributed by atoms with van der Waals surface area (Å²) in [6.45, 7) is 4.56. The third kappa shape index (κ3) is 3.70. The van der Waals surface area contributed by atoms with Crippen molar-refractivity contribution in [1.82, 2.24) is 14.5 Å². The van der Waals surface area contributed by atoms with E-state index in [0.717, 1.165) is 12.8 Å². The topological polar surface area (TPSA) is 90.0 Å². The Morgan fingerprint density at radius 3 is 2.84 bits per heavy atom. The molecule has 1 atom stereocenters. The third-order valence-electron chi connectivity index (χ3n) is 3.24. The lowest BCUT2D eigenvalue weighted by Crippen LogP contribution is -2.33. The van der Waals surface area contributed by atoms with Crippen molar-refractivity contribution in [3.05, 3.63) is 6.20 Å². The Hall–Kier alpha value is -1.08. The van der Waals surface area contributed by atoms with Crippen LogP contribution in [-0.2, 0) is 16.6 Å². The number of anilines is 1. The maximum atomic E-state index is 12.2. The first-order chi connectivity index (χ1) is 8.92. The quantitative estimate of drug-likeness (QED) is 0.791. The van der Waals surface area contributed by atoms with E-state index in [2.05, 4.69) is 9.82 Å². The van der Waals surface area contributed by atoms with Crippen LogP contribution in [0.2, 0.25) is 0 Å². The minimum atomic E-state index is -3.56. The maximum Gasteiger partial charge on any atom is 0.246 e. The number of rotatable bonds is 7. The molecule has 7 heteroatoms. The SMILES string of the molecule is CCCn1cc(S(=O)(=O)NC(C)CC2CC2)c(N)n1. The van der Waals surface area contributed by atoms with Crippen molar-refractivity contribution in [2.45, 2.75) is 57.0 Å². The van der Waals surface area contributed by atoms with Gasteiger partial charge in [0.15, 0.2) is 5.82 Å². The Kier molecular flexibility index (Phi) is 4.15. The lowest BCUT2D eigenvalue weighted by molar-refractivity contribution is 0.529. The average Bonchev–Trinajstić information content (AvgIpc) is 3.00. The summed E-state index contributed by atoms with van der Waals surface area (Å²) in [4.78, 5) is 0.0867. The molecule has 0 aliphatic heterocycles. The molecule has 19 heavy (non-hydrogen) atoms. The first-order valence-corrected chi connectivity index (χ1v) is 8.26. The van der Waals surface area contributed by atoms with E-state index in [0.29, 0.717) is 12.5 Å². The van der Waals surface area contributed by atoms with Crippen LogP contribution in [0.5, 0.6) is 0 Å². The molecule has 1 aliphatic carbocycles. The Morgan fingerprint density at radius 2 is 2.26 bits per heavy atom. The van der Waals surface area contributed by atoms with Crippen molar-refractivity contribution in [3.8, 4) is 0 Å². The second-order valence-electron chi connectivity index (χ2n) is 5.34. The van der Waals surface area contributed by atoms with E-state index in [1.807, 2.05) is 13.8 Å². The Balaban J connectivity index is 2.08. The fourth-order valence-corrected chi connectivity index (χ4v) is 3.53. The second kappa shape index (κ2) is 5.50. The monoisotopic (exact) mass is 286 g/mol. The van der Waals surface area contributed by atoms with Gasteiger partial charge in [-0.25, -0.2) is 13.1 Å². The van der Waals surface area contributed by atoms with Gasteiger partial charge < -0.3 is 5.73 Å². The van der Waals surface area contributed by atoms with Gasteiger partial charge in [0.2, 0.25) is 10.0 Å². The first-order valence-electron chi connectivity index (χ1n) is 6.77. The lowest BCUT2D eigenvalue weighted by Gasteiger charge is -2.12. The van der Waals surface area contributed by atoms with E-state index in [4.69, 9.17) is 5.73 Å². The van der Waals surface area contributed by atoms with E-state index in [1.54, 1.807) is 4.68 Å². The molecule has 0 radical (unpaired) electrons. The van der Waals surface area contributed by atoms with E-state index in [1.165, 1.54) is 19.0 Å². The molecule has 6 nitrogen and oxygen atoms in total. The standard InChI is InChI=1S/C12H22N4O2S/c1-3-6-16-8-11(12(13)14-16)19(17,18)15-9(2)7-10-4-5-10/h8-10,15H,3-7H2,1-2H3,(H2,13,14). The Bertz CT molecular complexity index is 534. The summed E-state index contributed by atoms with van der Waals surface area (Å²) < 4.78 is 28.7. The van der Waals surface area contributed by atoms with Crippen LogP contribution in [0.15, 0.2) is 11.1 Å². The molecule has 108 valence electrons. The highest BCUT2D eigenvalue weighted by molar-refractivity contribution is 7.89. The zero-order chi connectivity index (χ0) is 14.0. The maximum absolute atomic E-state index is 12.2. The molecule has 1 heterocycles. The normalized spacial score (nSPS) is 17.6. The van der Waals surface area contributed by atoms with Gasteiger partial charge >= 0.3 is 0 Å². The summed E-state index contributed by atoms with van der Waals surface area (Å²) in [5.41, 5.74) is 5.70. The molecule has 0 aromatic carbocycles. The van der Waals surface area contributed by atoms with Crippen LogP contribution in [0.3, 0.4) is 0 Å². The van der Waals surface area contributed by atoms with Gasteiger partial charge in [-0.05, 0) is 25.7 Å². The number of aromatic nitrogens is 2. The molecule has 3 N–H and O–H groups in total. The first kappa shape index (κ1) is 14.3. The van der Waals surface area contributed by atoms with Gasteiger partial charge in [-0.15, -0.1) is 0 Å². The molecular weight excluding hydrogens is 264 g/mol. The number of nitrogen functional groups attached to an aromatic ring is 1. The smallest absolute Gasteiger partial charge is 0.246 e.